The van der Waals surface area contributed by atoms with Gasteiger partial charge in [0.25, 0.3) is 0 Å². The second-order valence-corrected chi connectivity index (χ2v) is 10.1. The highest BCUT2D eigenvalue weighted by molar-refractivity contribution is 7.91. The first-order chi connectivity index (χ1) is 12.4. The molecule has 0 spiro atoms. The first-order valence-corrected chi connectivity index (χ1v) is 11.5. The zero-order valence-electron chi connectivity index (χ0n) is 15.9. The van der Waals surface area contributed by atoms with Crippen molar-refractivity contribution in [3.05, 3.63) is 34.9 Å². The molecule has 1 aromatic rings. The van der Waals surface area contributed by atoms with Gasteiger partial charge in [0.2, 0.25) is 0 Å². The number of benzene rings is 1. The van der Waals surface area contributed by atoms with Crippen molar-refractivity contribution in [1.29, 1.82) is 0 Å². The Balaban J connectivity index is 1.63. The van der Waals surface area contributed by atoms with Crippen molar-refractivity contribution in [1.82, 2.24) is 10.6 Å². The van der Waals surface area contributed by atoms with E-state index in [4.69, 9.17) is 4.99 Å². The van der Waals surface area contributed by atoms with Gasteiger partial charge in [-0.25, -0.2) is 13.4 Å². The summed E-state index contributed by atoms with van der Waals surface area (Å²) in [6.45, 7) is 5.53. The average Bonchev–Trinajstić information content (AvgIpc) is 3.20. The van der Waals surface area contributed by atoms with E-state index < -0.39 is 9.84 Å². The van der Waals surface area contributed by atoms with Gasteiger partial charge >= 0.3 is 0 Å². The third-order valence-electron chi connectivity index (χ3n) is 5.49. The summed E-state index contributed by atoms with van der Waals surface area (Å²) < 4.78 is 23.3. The van der Waals surface area contributed by atoms with Gasteiger partial charge in [0.15, 0.2) is 15.8 Å². The molecule has 0 aromatic heterocycles. The van der Waals surface area contributed by atoms with Crippen molar-refractivity contribution >= 4 is 15.8 Å². The lowest BCUT2D eigenvalue weighted by molar-refractivity contribution is 0.553. The van der Waals surface area contributed by atoms with Gasteiger partial charge in [-0.2, -0.15) is 0 Å². The van der Waals surface area contributed by atoms with E-state index in [0.717, 1.165) is 12.4 Å². The molecule has 0 amide bonds. The van der Waals surface area contributed by atoms with Gasteiger partial charge in [-0.05, 0) is 50.2 Å². The van der Waals surface area contributed by atoms with E-state index in [1.165, 1.54) is 42.4 Å². The number of guanidine groups is 1. The SMILES string of the molecule is Cc1ccc(CN=C(NCC2CCS(=O)(=O)C2)NC2CCCC2)c(C)c1. The van der Waals surface area contributed by atoms with Gasteiger partial charge in [-0.15, -0.1) is 0 Å². The normalized spacial score (nSPS) is 23.3. The lowest BCUT2D eigenvalue weighted by Gasteiger charge is -2.19. The summed E-state index contributed by atoms with van der Waals surface area (Å²) in [4.78, 5) is 4.79. The summed E-state index contributed by atoms with van der Waals surface area (Å²) in [5, 5.41) is 6.95. The third kappa shape index (κ3) is 5.47. The second kappa shape index (κ2) is 8.42. The van der Waals surface area contributed by atoms with Crippen molar-refractivity contribution in [2.75, 3.05) is 18.1 Å². The second-order valence-electron chi connectivity index (χ2n) is 7.87. The quantitative estimate of drug-likeness (QED) is 0.611. The fourth-order valence-corrected chi connectivity index (χ4v) is 5.74. The minimum Gasteiger partial charge on any atom is -0.356 e. The molecule has 6 heteroatoms. The molecule has 26 heavy (non-hydrogen) atoms. The minimum atomic E-state index is -2.83. The molecule has 5 nitrogen and oxygen atoms in total. The Morgan fingerprint density at radius 3 is 2.62 bits per heavy atom. The molecule has 2 N–H and O–H groups in total. The average molecular weight is 378 g/mol. The van der Waals surface area contributed by atoms with Crippen LogP contribution in [0.25, 0.3) is 0 Å². The van der Waals surface area contributed by atoms with Gasteiger partial charge in [-0.3, -0.25) is 0 Å². The summed E-state index contributed by atoms with van der Waals surface area (Å²) in [7, 11) is -2.83. The van der Waals surface area contributed by atoms with Crippen molar-refractivity contribution in [2.45, 2.75) is 58.5 Å². The highest BCUT2D eigenvalue weighted by Crippen LogP contribution is 2.19. The molecule has 1 unspecified atom stereocenters. The predicted molar refractivity (Wildman–Crippen MR) is 107 cm³/mol. The van der Waals surface area contributed by atoms with Crippen LogP contribution >= 0.6 is 0 Å². The van der Waals surface area contributed by atoms with Crippen molar-refractivity contribution in [2.24, 2.45) is 10.9 Å². The molecule has 1 saturated carbocycles. The lowest BCUT2D eigenvalue weighted by Crippen LogP contribution is -2.44. The zero-order chi connectivity index (χ0) is 18.6. The molecule has 1 aromatic carbocycles. The molecule has 1 heterocycles. The number of aryl methyl sites for hydroxylation is 2. The fraction of sp³-hybridized carbons (Fsp3) is 0.650. The summed E-state index contributed by atoms with van der Waals surface area (Å²) in [5.74, 6) is 1.64. The van der Waals surface area contributed by atoms with Crippen molar-refractivity contribution < 1.29 is 8.42 Å². The molecule has 3 rings (SSSR count). The largest absolute Gasteiger partial charge is 0.356 e. The maximum absolute atomic E-state index is 11.7. The Labute approximate surface area is 157 Å². The Bertz CT molecular complexity index is 752. The Kier molecular flexibility index (Phi) is 6.22. The standard InChI is InChI=1S/C20H31N3O2S/c1-15-7-8-18(16(2)11-15)13-22-20(23-19-5-3-4-6-19)21-12-17-9-10-26(24,25)14-17/h7-8,11,17,19H,3-6,9-10,12-14H2,1-2H3,(H2,21,22,23). The molecular formula is C20H31N3O2S. The van der Waals surface area contributed by atoms with Gasteiger partial charge in [-0.1, -0.05) is 36.6 Å². The van der Waals surface area contributed by atoms with Crippen molar-refractivity contribution in [3.8, 4) is 0 Å². The summed E-state index contributed by atoms with van der Waals surface area (Å²) in [5.41, 5.74) is 3.75. The highest BCUT2D eigenvalue weighted by Gasteiger charge is 2.28. The van der Waals surface area contributed by atoms with E-state index in [9.17, 15) is 8.42 Å². The number of hydrogen-bond acceptors (Lipinski definition) is 3. The van der Waals surface area contributed by atoms with E-state index in [1.54, 1.807) is 0 Å². The number of nitrogens with one attached hydrogen (secondary N) is 2. The molecule has 2 fully saturated rings. The van der Waals surface area contributed by atoms with Crippen LogP contribution < -0.4 is 10.6 Å². The molecule has 144 valence electrons. The van der Waals surface area contributed by atoms with Gasteiger partial charge in [0, 0.05) is 12.6 Å². The van der Waals surface area contributed by atoms with E-state index in [1.807, 2.05) is 0 Å². The van der Waals surface area contributed by atoms with E-state index in [2.05, 4.69) is 42.7 Å². The highest BCUT2D eigenvalue weighted by atomic mass is 32.2. The summed E-state index contributed by atoms with van der Waals surface area (Å²) in [6, 6.07) is 6.93. The minimum absolute atomic E-state index is 0.191. The fourth-order valence-electron chi connectivity index (χ4n) is 3.88. The van der Waals surface area contributed by atoms with Crippen LogP contribution in [0.15, 0.2) is 23.2 Å². The number of nitrogens with zero attached hydrogens (tertiary/aromatic N) is 1. The monoisotopic (exact) mass is 377 g/mol. The van der Waals surface area contributed by atoms with Crippen LogP contribution in [0.5, 0.6) is 0 Å². The van der Waals surface area contributed by atoms with Crippen LogP contribution in [0.2, 0.25) is 0 Å². The Hall–Kier alpha value is -1.56. The molecule has 1 atom stereocenters. The number of aliphatic imine (C=N–C) groups is 1. The van der Waals surface area contributed by atoms with E-state index >= 15 is 0 Å². The van der Waals surface area contributed by atoms with Crippen LogP contribution in [0.3, 0.4) is 0 Å². The maximum Gasteiger partial charge on any atom is 0.191 e. The number of sulfone groups is 1. The first-order valence-electron chi connectivity index (χ1n) is 9.73. The Morgan fingerprint density at radius 2 is 1.96 bits per heavy atom. The van der Waals surface area contributed by atoms with Crippen LogP contribution in [-0.4, -0.2) is 38.5 Å². The van der Waals surface area contributed by atoms with Crippen LogP contribution in [0.4, 0.5) is 0 Å². The van der Waals surface area contributed by atoms with Crippen molar-refractivity contribution in [3.63, 3.8) is 0 Å². The number of hydrogen-bond donors (Lipinski definition) is 2. The molecule has 1 saturated heterocycles. The maximum atomic E-state index is 11.7. The molecule has 0 radical (unpaired) electrons. The molecule has 0 bridgehead atoms. The van der Waals surface area contributed by atoms with Gasteiger partial charge in [0.1, 0.15) is 0 Å². The molecule has 1 aliphatic carbocycles. The summed E-state index contributed by atoms with van der Waals surface area (Å²) in [6.07, 6.45) is 5.65. The van der Waals surface area contributed by atoms with Crippen LogP contribution in [-0.2, 0) is 16.4 Å². The lowest BCUT2D eigenvalue weighted by atomic mass is 10.1. The van der Waals surface area contributed by atoms with Crippen LogP contribution in [0, 0.1) is 19.8 Å². The third-order valence-corrected chi connectivity index (χ3v) is 7.32. The molecular weight excluding hydrogens is 346 g/mol. The van der Waals surface area contributed by atoms with E-state index in [-0.39, 0.29) is 5.92 Å². The van der Waals surface area contributed by atoms with Crippen LogP contribution in [0.1, 0.15) is 48.8 Å². The Morgan fingerprint density at radius 1 is 1.19 bits per heavy atom. The molecule has 2 aliphatic rings. The predicted octanol–water partition coefficient (Wildman–Crippen LogP) is 2.72. The topological polar surface area (TPSA) is 70.6 Å². The first kappa shape index (κ1) is 19.2. The number of rotatable bonds is 5. The smallest absolute Gasteiger partial charge is 0.191 e. The summed E-state index contributed by atoms with van der Waals surface area (Å²) >= 11 is 0. The van der Waals surface area contributed by atoms with Gasteiger partial charge in [0.05, 0.1) is 18.1 Å². The van der Waals surface area contributed by atoms with Gasteiger partial charge < -0.3 is 10.6 Å². The zero-order valence-corrected chi connectivity index (χ0v) is 16.7. The molecule has 1 aliphatic heterocycles. The van der Waals surface area contributed by atoms with E-state index in [0.29, 0.717) is 30.6 Å².